The largest absolute Gasteiger partial charge is 0.245 e. The van der Waals surface area contributed by atoms with E-state index >= 15 is 0 Å². The van der Waals surface area contributed by atoms with Gasteiger partial charge in [-0.25, -0.2) is 9.97 Å². The third-order valence-corrected chi connectivity index (χ3v) is 2.91. The highest BCUT2D eigenvalue weighted by Gasteiger charge is 2.00. The molecular formula is C11H6ClN3S. The molecule has 0 amide bonds. The third kappa shape index (κ3) is 2.72. The highest BCUT2D eigenvalue weighted by atomic mass is 35.5. The van der Waals surface area contributed by atoms with Crippen molar-refractivity contribution in [2.75, 3.05) is 0 Å². The highest BCUT2D eigenvalue weighted by molar-refractivity contribution is 7.99. The van der Waals surface area contributed by atoms with Gasteiger partial charge in [0.25, 0.3) is 0 Å². The summed E-state index contributed by atoms with van der Waals surface area (Å²) in [7, 11) is 0. The van der Waals surface area contributed by atoms with E-state index in [1.165, 1.54) is 18.0 Å². The fourth-order valence-electron chi connectivity index (χ4n) is 1.08. The van der Waals surface area contributed by atoms with E-state index in [4.69, 9.17) is 16.9 Å². The average molecular weight is 248 g/mol. The Hall–Kier alpha value is -1.57. The molecule has 0 aliphatic rings. The summed E-state index contributed by atoms with van der Waals surface area (Å²) in [5.74, 6) is 0. The maximum atomic E-state index is 8.58. The van der Waals surface area contributed by atoms with Gasteiger partial charge in [-0.2, -0.15) is 5.26 Å². The smallest absolute Gasteiger partial charge is 0.158 e. The first-order valence-electron chi connectivity index (χ1n) is 4.43. The maximum Gasteiger partial charge on any atom is 0.158 e. The van der Waals surface area contributed by atoms with Crippen LogP contribution in [0.2, 0.25) is 5.02 Å². The molecule has 0 saturated carbocycles. The van der Waals surface area contributed by atoms with E-state index in [0.717, 1.165) is 9.92 Å². The van der Waals surface area contributed by atoms with E-state index in [0.29, 0.717) is 10.7 Å². The van der Waals surface area contributed by atoms with Crippen LogP contribution in [0.5, 0.6) is 0 Å². The molecule has 1 aromatic carbocycles. The van der Waals surface area contributed by atoms with Crippen LogP contribution >= 0.6 is 23.4 Å². The van der Waals surface area contributed by atoms with E-state index in [1.54, 1.807) is 6.20 Å². The van der Waals surface area contributed by atoms with Crippen molar-refractivity contribution in [1.29, 1.82) is 5.26 Å². The summed E-state index contributed by atoms with van der Waals surface area (Å²) in [4.78, 5) is 9.04. The second-order valence-corrected chi connectivity index (χ2v) is 4.44. The third-order valence-electron chi connectivity index (χ3n) is 1.76. The molecule has 0 N–H and O–H groups in total. The molecule has 0 spiro atoms. The van der Waals surface area contributed by atoms with Crippen molar-refractivity contribution in [2.24, 2.45) is 0 Å². The van der Waals surface area contributed by atoms with Gasteiger partial charge >= 0.3 is 0 Å². The van der Waals surface area contributed by atoms with Crippen LogP contribution in [0, 0.1) is 11.3 Å². The summed E-state index contributed by atoms with van der Waals surface area (Å²) in [6, 6.07) is 9.41. The zero-order valence-electron chi connectivity index (χ0n) is 8.09. The number of nitrogens with zero attached hydrogens (tertiary/aromatic N) is 3. The molecule has 0 fully saturated rings. The number of hydrogen-bond donors (Lipinski definition) is 0. The summed E-state index contributed by atoms with van der Waals surface area (Å²) in [6.07, 6.45) is 3.02. The maximum absolute atomic E-state index is 8.58. The zero-order chi connectivity index (χ0) is 11.4. The topological polar surface area (TPSA) is 49.6 Å². The Labute approximate surface area is 102 Å². The number of benzene rings is 1. The Bertz CT molecular complexity index is 534. The van der Waals surface area contributed by atoms with Crippen molar-refractivity contribution in [2.45, 2.75) is 9.92 Å². The molecule has 0 unspecified atom stereocenters. The zero-order valence-corrected chi connectivity index (χ0v) is 9.66. The van der Waals surface area contributed by atoms with E-state index in [1.807, 2.05) is 30.3 Å². The fraction of sp³-hybridized carbons (Fsp3) is 0. The normalized spacial score (nSPS) is 9.75. The molecule has 2 aromatic rings. The van der Waals surface area contributed by atoms with Crippen LogP contribution < -0.4 is 0 Å². The molecule has 1 heterocycles. The van der Waals surface area contributed by atoms with Gasteiger partial charge in [0, 0.05) is 9.92 Å². The van der Waals surface area contributed by atoms with Gasteiger partial charge in [-0.05, 0) is 18.2 Å². The second-order valence-electron chi connectivity index (χ2n) is 2.91. The summed E-state index contributed by atoms with van der Waals surface area (Å²) >= 11 is 7.32. The lowest BCUT2D eigenvalue weighted by Crippen LogP contribution is -1.86. The van der Waals surface area contributed by atoms with Gasteiger partial charge in [-0.3, -0.25) is 0 Å². The Morgan fingerprint density at radius 2 is 2.12 bits per heavy atom. The van der Waals surface area contributed by atoms with Crippen LogP contribution in [0.25, 0.3) is 0 Å². The standard InChI is InChI=1S/C11H6ClN3S/c12-8-2-1-3-10(4-8)16-11-7-14-9(5-13)6-15-11/h1-4,6-7H. The van der Waals surface area contributed by atoms with E-state index in [-0.39, 0.29) is 0 Å². The summed E-state index contributed by atoms with van der Waals surface area (Å²) < 4.78 is 0. The van der Waals surface area contributed by atoms with Gasteiger partial charge < -0.3 is 0 Å². The molecule has 0 aliphatic carbocycles. The first-order valence-corrected chi connectivity index (χ1v) is 5.63. The number of hydrogen-bond acceptors (Lipinski definition) is 4. The lowest BCUT2D eigenvalue weighted by molar-refractivity contribution is 1.04. The van der Waals surface area contributed by atoms with Crippen molar-refractivity contribution in [3.63, 3.8) is 0 Å². The first-order chi connectivity index (χ1) is 7.78. The van der Waals surface area contributed by atoms with Crippen molar-refractivity contribution in [3.05, 3.63) is 47.4 Å². The summed E-state index contributed by atoms with van der Waals surface area (Å²) in [5.41, 5.74) is 0.315. The molecular weight excluding hydrogens is 242 g/mol. The predicted molar refractivity (Wildman–Crippen MR) is 62.3 cm³/mol. The molecule has 2 rings (SSSR count). The fourth-order valence-corrected chi connectivity index (χ4v) is 2.12. The SMILES string of the molecule is N#Cc1cnc(Sc2cccc(Cl)c2)cn1. The minimum Gasteiger partial charge on any atom is -0.245 e. The quantitative estimate of drug-likeness (QED) is 0.818. The van der Waals surface area contributed by atoms with Crippen LogP contribution in [0.1, 0.15) is 5.69 Å². The minimum atomic E-state index is 0.315. The van der Waals surface area contributed by atoms with Gasteiger partial charge in [0.2, 0.25) is 0 Å². The molecule has 0 aliphatic heterocycles. The molecule has 0 saturated heterocycles. The highest BCUT2D eigenvalue weighted by Crippen LogP contribution is 2.27. The molecule has 78 valence electrons. The predicted octanol–water partition coefficient (Wildman–Crippen LogP) is 3.15. The molecule has 1 aromatic heterocycles. The van der Waals surface area contributed by atoms with Crippen LogP contribution in [-0.2, 0) is 0 Å². The van der Waals surface area contributed by atoms with Crippen LogP contribution in [0.4, 0.5) is 0 Å². The monoisotopic (exact) mass is 247 g/mol. The molecule has 16 heavy (non-hydrogen) atoms. The number of nitriles is 1. The van der Waals surface area contributed by atoms with Crippen LogP contribution in [0.15, 0.2) is 46.6 Å². The van der Waals surface area contributed by atoms with Crippen LogP contribution in [-0.4, -0.2) is 9.97 Å². The van der Waals surface area contributed by atoms with Gasteiger partial charge in [-0.15, -0.1) is 0 Å². The summed E-state index contributed by atoms with van der Waals surface area (Å²) in [5, 5.41) is 10.0. The molecule has 5 heteroatoms. The average Bonchev–Trinajstić information content (AvgIpc) is 2.30. The number of halogens is 1. The number of rotatable bonds is 2. The second kappa shape index (κ2) is 4.97. The Morgan fingerprint density at radius 3 is 2.75 bits per heavy atom. The van der Waals surface area contributed by atoms with Gasteiger partial charge in [0.05, 0.1) is 12.4 Å². The lowest BCUT2D eigenvalue weighted by atomic mass is 10.4. The molecule has 0 radical (unpaired) electrons. The van der Waals surface area contributed by atoms with Crippen molar-refractivity contribution in [1.82, 2.24) is 9.97 Å². The Kier molecular flexibility index (Phi) is 3.40. The molecule has 0 atom stereocenters. The first kappa shape index (κ1) is 10.9. The number of aromatic nitrogens is 2. The minimum absolute atomic E-state index is 0.315. The van der Waals surface area contributed by atoms with Crippen LogP contribution in [0.3, 0.4) is 0 Å². The van der Waals surface area contributed by atoms with Crippen molar-refractivity contribution in [3.8, 4) is 6.07 Å². The lowest BCUT2D eigenvalue weighted by Gasteiger charge is -2.00. The Morgan fingerprint density at radius 1 is 1.25 bits per heavy atom. The van der Waals surface area contributed by atoms with Crippen molar-refractivity contribution >= 4 is 23.4 Å². The van der Waals surface area contributed by atoms with Gasteiger partial charge in [0.15, 0.2) is 5.69 Å². The van der Waals surface area contributed by atoms with E-state index in [9.17, 15) is 0 Å². The molecule has 0 bridgehead atoms. The van der Waals surface area contributed by atoms with Crippen molar-refractivity contribution < 1.29 is 0 Å². The van der Waals surface area contributed by atoms with E-state index in [2.05, 4.69) is 9.97 Å². The summed E-state index contributed by atoms with van der Waals surface area (Å²) in [6.45, 7) is 0. The Balaban J connectivity index is 2.18. The van der Waals surface area contributed by atoms with E-state index < -0.39 is 0 Å². The van der Waals surface area contributed by atoms with Gasteiger partial charge in [-0.1, -0.05) is 29.4 Å². The van der Waals surface area contributed by atoms with Gasteiger partial charge in [0.1, 0.15) is 11.1 Å². The molecule has 3 nitrogen and oxygen atoms in total.